The number of aryl methyl sites for hydroxylation is 1. The van der Waals surface area contributed by atoms with Crippen LogP contribution in [0.15, 0.2) is 16.6 Å². The van der Waals surface area contributed by atoms with Crippen LogP contribution in [0.25, 0.3) is 0 Å². The lowest BCUT2D eigenvalue weighted by Crippen LogP contribution is -2.55. The van der Waals surface area contributed by atoms with Crippen LogP contribution in [0.2, 0.25) is 0 Å². The number of nitrogens with one attached hydrogen (secondary N) is 1. The lowest BCUT2D eigenvalue weighted by molar-refractivity contribution is 0.0926. The molecule has 1 amide bonds. The standard InChI is InChI=1S/C13H19N3O2S/c1-2-9-5-8-19-10(9)11(17)15-13(12(14)16-18)6-3-4-7-13/h5,8,18H,2-4,6-7H2,1H3,(H2,14,16)(H,15,17). The van der Waals surface area contributed by atoms with Gasteiger partial charge in [0.15, 0.2) is 5.84 Å². The van der Waals surface area contributed by atoms with Crippen molar-refractivity contribution in [1.82, 2.24) is 5.32 Å². The van der Waals surface area contributed by atoms with E-state index in [2.05, 4.69) is 10.5 Å². The SMILES string of the molecule is CCc1ccsc1C(=O)NC1(C(N)=NO)CCCC1. The zero-order valence-corrected chi connectivity index (χ0v) is 11.8. The molecule has 1 fully saturated rings. The normalized spacial score (nSPS) is 18.5. The van der Waals surface area contributed by atoms with E-state index in [4.69, 9.17) is 10.9 Å². The Balaban J connectivity index is 2.21. The molecule has 0 atom stereocenters. The lowest BCUT2D eigenvalue weighted by Gasteiger charge is -2.28. The Morgan fingerprint density at radius 2 is 2.26 bits per heavy atom. The Bertz CT molecular complexity index is 490. The number of oxime groups is 1. The van der Waals surface area contributed by atoms with Crippen LogP contribution in [-0.4, -0.2) is 22.5 Å². The second-order valence-corrected chi connectivity index (χ2v) is 5.77. The monoisotopic (exact) mass is 281 g/mol. The van der Waals surface area contributed by atoms with Crippen molar-refractivity contribution in [1.29, 1.82) is 0 Å². The molecule has 0 radical (unpaired) electrons. The summed E-state index contributed by atoms with van der Waals surface area (Å²) in [6.45, 7) is 2.02. The lowest BCUT2D eigenvalue weighted by atomic mass is 9.95. The highest BCUT2D eigenvalue weighted by Gasteiger charge is 2.40. The first-order valence-corrected chi connectivity index (χ1v) is 7.38. The molecule has 104 valence electrons. The van der Waals surface area contributed by atoms with E-state index in [0.717, 1.165) is 42.5 Å². The largest absolute Gasteiger partial charge is 0.409 e. The van der Waals surface area contributed by atoms with Crippen LogP contribution in [0, 0.1) is 0 Å². The Kier molecular flexibility index (Phi) is 4.09. The van der Waals surface area contributed by atoms with Crippen molar-refractivity contribution < 1.29 is 10.0 Å². The fourth-order valence-corrected chi connectivity index (χ4v) is 3.50. The van der Waals surface area contributed by atoms with Crippen molar-refractivity contribution in [2.45, 2.75) is 44.6 Å². The highest BCUT2D eigenvalue weighted by molar-refractivity contribution is 7.12. The molecular weight excluding hydrogens is 262 g/mol. The predicted molar refractivity (Wildman–Crippen MR) is 75.8 cm³/mol. The summed E-state index contributed by atoms with van der Waals surface area (Å²) < 4.78 is 0. The fourth-order valence-electron chi connectivity index (χ4n) is 2.61. The summed E-state index contributed by atoms with van der Waals surface area (Å²) in [5.74, 6) is -0.0201. The predicted octanol–water partition coefficient (Wildman–Crippen LogP) is 2.10. The number of amides is 1. The van der Waals surface area contributed by atoms with Crippen LogP contribution >= 0.6 is 11.3 Å². The number of carbonyl (C=O) groups excluding carboxylic acids is 1. The molecule has 1 aliphatic carbocycles. The van der Waals surface area contributed by atoms with Crippen LogP contribution in [0.5, 0.6) is 0 Å². The van der Waals surface area contributed by atoms with Gasteiger partial charge in [0.05, 0.1) is 4.88 Å². The molecule has 1 aliphatic rings. The van der Waals surface area contributed by atoms with Gasteiger partial charge in [-0.15, -0.1) is 11.3 Å². The molecule has 0 unspecified atom stereocenters. The van der Waals surface area contributed by atoms with Gasteiger partial charge in [-0.25, -0.2) is 0 Å². The maximum Gasteiger partial charge on any atom is 0.262 e. The zero-order chi connectivity index (χ0) is 13.9. The minimum Gasteiger partial charge on any atom is -0.409 e. The summed E-state index contributed by atoms with van der Waals surface area (Å²) in [6.07, 6.45) is 4.22. The van der Waals surface area contributed by atoms with Gasteiger partial charge in [-0.3, -0.25) is 4.79 Å². The molecule has 1 heterocycles. The molecule has 1 aromatic heterocycles. The van der Waals surface area contributed by atoms with Gasteiger partial charge in [0.1, 0.15) is 5.54 Å². The van der Waals surface area contributed by atoms with Crippen LogP contribution in [0.3, 0.4) is 0 Å². The Morgan fingerprint density at radius 1 is 1.58 bits per heavy atom. The number of nitrogens with two attached hydrogens (primary N) is 1. The quantitative estimate of drug-likeness (QED) is 0.342. The van der Waals surface area contributed by atoms with Crippen molar-refractivity contribution in [2.24, 2.45) is 10.9 Å². The van der Waals surface area contributed by atoms with Gasteiger partial charge in [-0.1, -0.05) is 24.9 Å². The van der Waals surface area contributed by atoms with Gasteiger partial charge >= 0.3 is 0 Å². The van der Waals surface area contributed by atoms with E-state index in [1.54, 1.807) is 0 Å². The molecule has 0 aliphatic heterocycles. The summed E-state index contributed by atoms with van der Waals surface area (Å²) in [6, 6.07) is 1.96. The summed E-state index contributed by atoms with van der Waals surface area (Å²) in [4.78, 5) is 13.1. The number of amidine groups is 1. The number of hydrogen-bond donors (Lipinski definition) is 3. The van der Waals surface area contributed by atoms with Crippen molar-refractivity contribution in [3.63, 3.8) is 0 Å². The molecular formula is C13H19N3O2S. The van der Waals surface area contributed by atoms with Crippen LogP contribution < -0.4 is 11.1 Å². The van der Waals surface area contributed by atoms with Crippen molar-refractivity contribution in [2.75, 3.05) is 0 Å². The average molecular weight is 281 g/mol. The number of carbonyl (C=O) groups is 1. The van der Waals surface area contributed by atoms with Crippen LogP contribution in [0.4, 0.5) is 0 Å². The van der Waals surface area contributed by atoms with Gasteiger partial charge in [-0.2, -0.15) is 0 Å². The molecule has 1 saturated carbocycles. The van der Waals surface area contributed by atoms with E-state index in [9.17, 15) is 4.79 Å². The average Bonchev–Trinajstić information content (AvgIpc) is 3.06. The molecule has 5 nitrogen and oxygen atoms in total. The summed E-state index contributed by atoms with van der Waals surface area (Å²) >= 11 is 1.43. The van der Waals surface area contributed by atoms with E-state index >= 15 is 0 Å². The first kappa shape index (κ1) is 13.9. The van der Waals surface area contributed by atoms with E-state index in [-0.39, 0.29) is 11.7 Å². The van der Waals surface area contributed by atoms with Gasteiger partial charge < -0.3 is 16.3 Å². The number of hydrogen-bond acceptors (Lipinski definition) is 4. The van der Waals surface area contributed by atoms with Crippen molar-refractivity contribution >= 4 is 23.1 Å². The van der Waals surface area contributed by atoms with Gasteiger partial charge in [0, 0.05) is 0 Å². The third-order valence-corrected chi connectivity index (χ3v) is 4.70. The topological polar surface area (TPSA) is 87.7 Å². The summed E-state index contributed by atoms with van der Waals surface area (Å²) in [5.41, 5.74) is 6.13. The minimum atomic E-state index is -0.680. The molecule has 0 aromatic carbocycles. The second kappa shape index (κ2) is 5.61. The number of nitrogens with zero attached hydrogens (tertiary/aromatic N) is 1. The van der Waals surface area contributed by atoms with E-state index in [0.29, 0.717) is 0 Å². The first-order chi connectivity index (χ1) is 9.13. The first-order valence-electron chi connectivity index (χ1n) is 6.50. The molecule has 19 heavy (non-hydrogen) atoms. The third-order valence-electron chi connectivity index (χ3n) is 3.74. The van der Waals surface area contributed by atoms with E-state index in [1.807, 2.05) is 18.4 Å². The number of rotatable bonds is 4. The zero-order valence-electron chi connectivity index (χ0n) is 11.0. The molecule has 6 heteroatoms. The Hall–Kier alpha value is -1.56. The van der Waals surface area contributed by atoms with Crippen LogP contribution in [0.1, 0.15) is 47.8 Å². The molecule has 0 spiro atoms. The molecule has 4 N–H and O–H groups in total. The van der Waals surface area contributed by atoms with Gasteiger partial charge in [0.2, 0.25) is 0 Å². The second-order valence-electron chi connectivity index (χ2n) is 4.86. The fraction of sp³-hybridized carbons (Fsp3) is 0.538. The molecule has 0 bridgehead atoms. The maximum atomic E-state index is 12.4. The van der Waals surface area contributed by atoms with Gasteiger partial charge in [0.25, 0.3) is 5.91 Å². The maximum absolute atomic E-state index is 12.4. The highest BCUT2D eigenvalue weighted by Crippen LogP contribution is 2.31. The Labute approximate surface area is 116 Å². The Morgan fingerprint density at radius 3 is 2.84 bits per heavy atom. The minimum absolute atomic E-state index is 0.105. The summed E-state index contributed by atoms with van der Waals surface area (Å²) in [5, 5.41) is 16.9. The van der Waals surface area contributed by atoms with Crippen molar-refractivity contribution in [3.05, 3.63) is 21.9 Å². The smallest absolute Gasteiger partial charge is 0.262 e. The van der Waals surface area contributed by atoms with Crippen LogP contribution in [-0.2, 0) is 6.42 Å². The molecule has 1 aromatic rings. The molecule has 2 rings (SSSR count). The van der Waals surface area contributed by atoms with E-state index < -0.39 is 5.54 Å². The third kappa shape index (κ3) is 2.58. The highest BCUT2D eigenvalue weighted by atomic mass is 32.1. The van der Waals surface area contributed by atoms with Gasteiger partial charge in [-0.05, 0) is 36.3 Å². The number of thiophene rings is 1. The molecule has 0 saturated heterocycles. The van der Waals surface area contributed by atoms with Crippen molar-refractivity contribution in [3.8, 4) is 0 Å². The van der Waals surface area contributed by atoms with E-state index in [1.165, 1.54) is 11.3 Å². The summed E-state index contributed by atoms with van der Waals surface area (Å²) in [7, 11) is 0.